The molecule has 76 valence electrons. The van der Waals surface area contributed by atoms with Gasteiger partial charge in [-0.1, -0.05) is 11.6 Å². The van der Waals surface area contributed by atoms with E-state index in [4.69, 9.17) is 16.3 Å². The molecule has 1 N–H and O–H groups in total. The van der Waals surface area contributed by atoms with Gasteiger partial charge >= 0.3 is 5.97 Å². The minimum atomic E-state index is -0.507. The van der Waals surface area contributed by atoms with Crippen molar-refractivity contribution in [2.75, 3.05) is 0 Å². The lowest BCUT2D eigenvalue weighted by Gasteiger charge is -2.01. The number of ether oxygens (including phenoxy) is 1. The maximum atomic E-state index is 11.4. The van der Waals surface area contributed by atoms with Crippen molar-refractivity contribution < 1.29 is 9.53 Å². The first-order valence-electron chi connectivity index (χ1n) is 4.07. The summed E-state index contributed by atoms with van der Waals surface area (Å²) in [4.78, 5) is 15.2. The highest BCUT2D eigenvalue weighted by atomic mass is 35.5. The molecule has 0 saturated heterocycles. The molecule has 0 spiro atoms. The summed E-state index contributed by atoms with van der Waals surface area (Å²) in [5.74, 6) is -0.207. The predicted molar refractivity (Wildman–Crippen MR) is 52.8 cm³/mol. The first kappa shape index (κ1) is 9.67. The summed E-state index contributed by atoms with van der Waals surface area (Å²) in [7, 11) is 0. The molecule has 0 saturated carbocycles. The molecule has 0 aliphatic carbocycles. The molecule has 0 aromatic carbocycles. The van der Waals surface area contributed by atoms with Crippen LogP contribution < -0.4 is 4.74 Å². The van der Waals surface area contributed by atoms with Gasteiger partial charge in [-0.15, -0.1) is 0 Å². The number of nitrogens with zero attached hydrogens (tertiary/aromatic N) is 2. The Morgan fingerprint density at radius 2 is 2.27 bits per heavy atom. The molecule has 2 rings (SSSR count). The van der Waals surface area contributed by atoms with Gasteiger partial charge in [0.25, 0.3) is 0 Å². The van der Waals surface area contributed by atoms with Gasteiger partial charge in [0, 0.05) is 18.5 Å². The summed E-state index contributed by atoms with van der Waals surface area (Å²) in [6, 6.07) is 1.51. The summed E-state index contributed by atoms with van der Waals surface area (Å²) in [6.07, 6.45) is 5.68. The number of aromatic amines is 1. The van der Waals surface area contributed by atoms with Crippen molar-refractivity contribution in [1.29, 1.82) is 0 Å². The molecule has 2 aromatic rings. The second kappa shape index (κ2) is 4.10. The lowest BCUT2D eigenvalue weighted by atomic mass is 10.4. The van der Waals surface area contributed by atoms with Gasteiger partial charge in [0.2, 0.25) is 0 Å². The SMILES string of the molecule is O=C(Oc1cncc(Cl)c1)c1cn[nH]c1. The van der Waals surface area contributed by atoms with Crippen LogP contribution in [0, 0.1) is 0 Å². The molecule has 0 bridgehead atoms. The van der Waals surface area contributed by atoms with Crippen LogP contribution in [-0.2, 0) is 0 Å². The highest BCUT2D eigenvalue weighted by Crippen LogP contribution is 2.16. The monoisotopic (exact) mass is 223 g/mol. The van der Waals surface area contributed by atoms with Crippen LogP contribution in [0.25, 0.3) is 0 Å². The lowest BCUT2D eigenvalue weighted by molar-refractivity contribution is 0.0734. The van der Waals surface area contributed by atoms with Gasteiger partial charge in [-0.3, -0.25) is 10.1 Å². The minimum absolute atomic E-state index is 0.300. The number of H-pyrrole nitrogens is 1. The second-order valence-electron chi connectivity index (χ2n) is 2.72. The first-order valence-corrected chi connectivity index (χ1v) is 4.45. The largest absolute Gasteiger partial charge is 0.421 e. The fourth-order valence-corrected chi connectivity index (χ4v) is 1.14. The van der Waals surface area contributed by atoms with Gasteiger partial charge in [-0.05, 0) is 0 Å². The minimum Gasteiger partial charge on any atom is -0.421 e. The lowest BCUT2D eigenvalue weighted by Crippen LogP contribution is -2.07. The van der Waals surface area contributed by atoms with Crippen LogP contribution in [0.3, 0.4) is 0 Å². The molecule has 0 radical (unpaired) electrons. The number of carbonyl (C=O) groups excluding carboxylic acids is 1. The molecule has 6 heteroatoms. The molecular weight excluding hydrogens is 218 g/mol. The topological polar surface area (TPSA) is 67.9 Å². The zero-order valence-corrected chi connectivity index (χ0v) is 8.23. The third-order valence-corrected chi connectivity index (χ3v) is 1.83. The standard InChI is InChI=1S/C9H6ClN3O2/c10-7-1-8(5-11-4-7)15-9(14)6-2-12-13-3-6/h1-5H,(H,12,13). The number of hydrogen-bond acceptors (Lipinski definition) is 4. The van der Waals surface area contributed by atoms with E-state index in [1.165, 1.54) is 30.9 Å². The van der Waals surface area contributed by atoms with Crippen molar-refractivity contribution in [1.82, 2.24) is 15.2 Å². The van der Waals surface area contributed by atoms with Gasteiger partial charge in [-0.25, -0.2) is 4.79 Å². The summed E-state index contributed by atoms with van der Waals surface area (Å²) in [5.41, 5.74) is 0.343. The second-order valence-corrected chi connectivity index (χ2v) is 3.15. The normalized spacial score (nSPS) is 9.93. The number of aromatic nitrogens is 3. The van der Waals surface area contributed by atoms with E-state index in [-0.39, 0.29) is 0 Å². The molecule has 5 nitrogen and oxygen atoms in total. The fourth-order valence-electron chi connectivity index (χ4n) is 0.977. The van der Waals surface area contributed by atoms with Crippen LogP contribution in [0.5, 0.6) is 5.75 Å². The molecule has 0 aliphatic rings. The quantitative estimate of drug-likeness (QED) is 0.787. The number of esters is 1. The number of hydrogen-bond donors (Lipinski definition) is 1. The van der Waals surface area contributed by atoms with Crippen LogP contribution in [0.15, 0.2) is 30.9 Å². The Balaban J connectivity index is 2.13. The van der Waals surface area contributed by atoms with Crippen LogP contribution in [0.1, 0.15) is 10.4 Å². The number of rotatable bonds is 2. The van der Waals surface area contributed by atoms with Crippen molar-refractivity contribution in [2.45, 2.75) is 0 Å². The molecule has 0 fully saturated rings. The van der Waals surface area contributed by atoms with E-state index >= 15 is 0 Å². The molecule has 0 aliphatic heterocycles. The first-order chi connectivity index (χ1) is 7.25. The Hall–Kier alpha value is -1.88. The number of nitrogens with one attached hydrogen (secondary N) is 1. The molecule has 0 unspecified atom stereocenters. The van der Waals surface area contributed by atoms with E-state index < -0.39 is 5.97 Å². The third kappa shape index (κ3) is 2.32. The maximum Gasteiger partial charge on any atom is 0.346 e. The fraction of sp³-hybridized carbons (Fsp3) is 0. The smallest absolute Gasteiger partial charge is 0.346 e. The Morgan fingerprint density at radius 1 is 1.40 bits per heavy atom. The summed E-state index contributed by atoms with van der Waals surface area (Å²) >= 11 is 5.68. The Morgan fingerprint density at radius 3 is 2.93 bits per heavy atom. The highest BCUT2D eigenvalue weighted by molar-refractivity contribution is 6.30. The Bertz CT molecular complexity index is 470. The number of halogens is 1. The van der Waals surface area contributed by atoms with E-state index in [2.05, 4.69) is 15.2 Å². The van der Waals surface area contributed by atoms with Crippen molar-refractivity contribution in [3.05, 3.63) is 41.4 Å². The summed E-state index contributed by atoms with van der Waals surface area (Å²) < 4.78 is 4.99. The average molecular weight is 224 g/mol. The van der Waals surface area contributed by atoms with E-state index in [9.17, 15) is 4.79 Å². The summed E-state index contributed by atoms with van der Waals surface area (Å²) in [6.45, 7) is 0. The molecule has 2 heterocycles. The van der Waals surface area contributed by atoms with E-state index in [1.807, 2.05) is 0 Å². The summed E-state index contributed by atoms with van der Waals surface area (Å²) in [5, 5.41) is 6.56. The van der Waals surface area contributed by atoms with Gasteiger partial charge in [0.1, 0.15) is 0 Å². The van der Waals surface area contributed by atoms with Crippen LogP contribution in [0.4, 0.5) is 0 Å². The maximum absolute atomic E-state index is 11.4. The zero-order valence-electron chi connectivity index (χ0n) is 7.48. The van der Waals surface area contributed by atoms with E-state index in [1.54, 1.807) is 0 Å². The highest BCUT2D eigenvalue weighted by Gasteiger charge is 2.09. The van der Waals surface area contributed by atoms with Crippen LogP contribution in [-0.4, -0.2) is 21.2 Å². The Kier molecular flexibility index (Phi) is 2.64. The third-order valence-electron chi connectivity index (χ3n) is 1.62. The van der Waals surface area contributed by atoms with Crippen molar-refractivity contribution in [2.24, 2.45) is 0 Å². The zero-order chi connectivity index (χ0) is 10.7. The van der Waals surface area contributed by atoms with Crippen molar-refractivity contribution in [3.63, 3.8) is 0 Å². The van der Waals surface area contributed by atoms with Crippen LogP contribution in [0.2, 0.25) is 5.02 Å². The number of pyridine rings is 1. The van der Waals surface area contributed by atoms with Gasteiger partial charge in [0.05, 0.1) is 23.0 Å². The van der Waals surface area contributed by atoms with Gasteiger partial charge in [0.15, 0.2) is 5.75 Å². The van der Waals surface area contributed by atoms with Gasteiger partial charge < -0.3 is 4.74 Å². The molecule has 15 heavy (non-hydrogen) atoms. The number of carbonyl (C=O) groups is 1. The predicted octanol–water partition coefficient (Wildman–Crippen LogP) is 1.68. The average Bonchev–Trinajstić information content (AvgIpc) is 2.70. The van der Waals surface area contributed by atoms with E-state index in [0.29, 0.717) is 16.3 Å². The molecule has 2 aromatic heterocycles. The van der Waals surface area contributed by atoms with Crippen LogP contribution >= 0.6 is 11.6 Å². The van der Waals surface area contributed by atoms with E-state index in [0.717, 1.165) is 0 Å². The molecular formula is C9H6ClN3O2. The molecule has 0 atom stereocenters. The van der Waals surface area contributed by atoms with Crippen molar-refractivity contribution >= 4 is 17.6 Å². The van der Waals surface area contributed by atoms with Crippen molar-refractivity contribution in [3.8, 4) is 5.75 Å². The molecule has 0 amide bonds. The Labute approximate surface area is 90.0 Å². The van der Waals surface area contributed by atoms with Gasteiger partial charge in [-0.2, -0.15) is 5.10 Å².